The van der Waals surface area contributed by atoms with Crippen LogP contribution in [0, 0.1) is 6.92 Å². The molecule has 1 N–H and O–H groups in total. The zero-order chi connectivity index (χ0) is 19.4. The maximum Gasteiger partial charge on any atom is 0.338 e. The third-order valence-electron chi connectivity index (χ3n) is 3.88. The predicted molar refractivity (Wildman–Crippen MR) is 103 cm³/mol. The van der Waals surface area contributed by atoms with Gasteiger partial charge in [-0.15, -0.1) is 0 Å². The zero-order valence-electron chi connectivity index (χ0n) is 14.6. The first-order valence-corrected chi connectivity index (χ1v) is 9.45. The summed E-state index contributed by atoms with van der Waals surface area (Å²) in [5.74, 6) is -0.0665. The van der Waals surface area contributed by atoms with E-state index in [4.69, 9.17) is 4.18 Å². The Bertz CT molecular complexity index is 1070. The summed E-state index contributed by atoms with van der Waals surface area (Å²) >= 11 is -1.71. The van der Waals surface area contributed by atoms with E-state index in [1.165, 1.54) is 0 Å². The minimum absolute atomic E-state index is 0.0334. The molecule has 0 saturated carbocycles. The topological polar surface area (TPSA) is 90.5 Å². The number of rotatable bonds is 6. The van der Waals surface area contributed by atoms with Gasteiger partial charge in [0.2, 0.25) is 17.0 Å². The Hall–Kier alpha value is -3.13. The minimum Gasteiger partial charge on any atom is -0.494 e. The van der Waals surface area contributed by atoms with Crippen LogP contribution in [0.15, 0.2) is 70.3 Å². The molecule has 1 atom stereocenters. The number of hydrogen-bond acceptors (Lipinski definition) is 5. The van der Waals surface area contributed by atoms with E-state index in [2.05, 4.69) is 0 Å². The van der Waals surface area contributed by atoms with E-state index in [1.54, 1.807) is 42.5 Å². The van der Waals surface area contributed by atoms with Crippen LogP contribution in [0.4, 0.5) is 0 Å². The Labute approximate surface area is 157 Å². The molecule has 1 heterocycles. The number of benzene rings is 2. The summed E-state index contributed by atoms with van der Waals surface area (Å²) in [4.78, 5) is 24.8. The lowest BCUT2D eigenvalue weighted by Crippen LogP contribution is -2.38. The number of nitrogens with zero attached hydrogens (tertiary/aromatic N) is 2. The van der Waals surface area contributed by atoms with Crippen molar-refractivity contribution in [3.8, 4) is 17.3 Å². The molecule has 0 radical (unpaired) electrons. The van der Waals surface area contributed by atoms with Crippen molar-refractivity contribution in [3.05, 3.63) is 87.1 Å². The lowest BCUT2D eigenvalue weighted by Gasteiger charge is -2.12. The van der Waals surface area contributed by atoms with Gasteiger partial charge in [-0.25, -0.2) is 13.6 Å². The molecular weight excluding hydrogens is 368 g/mol. The SMILES string of the molecule is Cc1ccc(OS(=O)CCn2c(O)cc(=O)n(-c3ccccc3)c2=O)cc1. The molecule has 0 saturated heterocycles. The minimum atomic E-state index is -1.71. The van der Waals surface area contributed by atoms with Crippen molar-refractivity contribution in [1.82, 2.24) is 9.13 Å². The van der Waals surface area contributed by atoms with Gasteiger partial charge in [-0.1, -0.05) is 35.9 Å². The number of aromatic hydroxyl groups is 1. The Morgan fingerprint density at radius 3 is 2.37 bits per heavy atom. The molecule has 3 rings (SSSR count). The van der Waals surface area contributed by atoms with Crippen molar-refractivity contribution in [1.29, 1.82) is 0 Å². The van der Waals surface area contributed by atoms with Gasteiger partial charge in [0.1, 0.15) is 5.75 Å². The van der Waals surface area contributed by atoms with Crippen molar-refractivity contribution in [2.45, 2.75) is 13.5 Å². The highest BCUT2D eigenvalue weighted by atomic mass is 32.2. The van der Waals surface area contributed by atoms with E-state index < -0.39 is 28.2 Å². The van der Waals surface area contributed by atoms with Gasteiger partial charge in [-0.05, 0) is 31.2 Å². The summed E-state index contributed by atoms with van der Waals surface area (Å²) in [6.45, 7) is 1.86. The molecule has 27 heavy (non-hydrogen) atoms. The third kappa shape index (κ3) is 4.35. The molecule has 0 aliphatic carbocycles. The maximum atomic E-state index is 12.6. The van der Waals surface area contributed by atoms with Crippen LogP contribution >= 0.6 is 0 Å². The van der Waals surface area contributed by atoms with Gasteiger partial charge < -0.3 is 9.29 Å². The summed E-state index contributed by atoms with van der Waals surface area (Å²) in [6, 6.07) is 16.4. The molecule has 0 fully saturated rings. The van der Waals surface area contributed by atoms with Crippen molar-refractivity contribution in [2.24, 2.45) is 0 Å². The maximum absolute atomic E-state index is 12.6. The van der Waals surface area contributed by atoms with Crippen LogP contribution in [0.25, 0.3) is 5.69 Å². The fraction of sp³-hybridized carbons (Fsp3) is 0.158. The summed E-state index contributed by atoms with van der Waals surface area (Å²) in [5, 5.41) is 9.99. The monoisotopic (exact) mass is 386 g/mol. The van der Waals surface area contributed by atoms with Gasteiger partial charge in [0, 0.05) is 6.54 Å². The third-order valence-corrected chi connectivity index (χ3v) is 4.77. The number of para-hydroxylation sites is 1. The van der Waals surface area contributed by atoms with Gasteiger partial charge in [0.15, 0.2) is 0 Å². The van der Waals surface area contributed by atoms with Crippen LogP contribution in [0.1, 0.15) is 5.56 Å². The van der Waals surface area contributed by atoms with Crippen LogP contribution in [-0.2, 0) is 17.6 Å². The number of aryl methyl sites for hydroxylation is 1. The molecule has 1 aromatic heterocycles. The summed E-state index contributed by atoms with van der Waals surface area (Å²) in [7, 11) is 0. The van der Waals surface area contributed by atoms with Crippen LogP contribution < -0.4 is 15.4 Å². The highest BCUT2D eigenvalue weighted by Crippen LogP contribution is 2.13. The Morgan fingerprint density at radius 2 is 1.70 bits per heavy atom. The van der Waals surface area contributed by atoms with Crippen LogP contribution in [0.3, 0.4) is 0 Å². The average molecular weight is 386 g/mol. The van der Waals surface area contributed by atoms with Crippen LogP contribution in [-0.4, -0.2) is 24.2 Å². The smallest absolute Gasteiger partial charge is 0.338 e. The molecule has 8 heteroatoms. The molecule has 2 aromatic carbocycles. The van der Waals surface area contributed by atoms with Gasteiger partial charge in [-0.2, -0.15) is 0 Å². The molecule has 3 aromatic rings. The number of hydrogen-bond donors (Lipinski definition) is 1. The Morgan fingerprint density at radius 1 is 1.04 bits per heavy atom. The van der Waals surface area contributed by atoms with E-state index in [9.17, 15) is 18.9 Å². The van der Waals surface area contributed by atoms with E-state index in [0.29, 0.717) is 11.4 Å². The van der Waals surface area contributed by atoms with E-state index in [0.717, 1.165) is 20.8 Å². The zero-order valence-corrected chi connectivity index (χ0v) is 15.4. The Kier molecular flexibility index (Phi) is 5.56. The molecule has 1 unspecified atom stereocenters. The second-order valence-corrected chi connectivity index (χ2v) is 7.03. The largest absolute Gasteiger partial charge is 0.494 e. The molecular formula is C19H18N2O5S. The number of aromatic nitrogens is 2. The molecule has 0 aliphatic rings. The van der Waals surface area contributed by atoms with Gasteiger partial charge in [0.05, 0.1) is 17.5 Å². The standard InChI is InChI=1S/C19H18N2O5S/c1-14-7-9-16(10-8-14)26-27(25)12-11-20-17(22)13-18(23)21(19(20)24)15-5-3-2-4-6-15/h2-10,13,22H,11-12H2,1H3. The van der Waals surface area contributed by atoms with Crippen molar-refractivity contribution in [3.63, 3.8) is 0 Å². The fourth-order valence-electron chi connectivity index (χ4n) is 2.50. The molecule has 140 valence electrons. The van der Waals surface area contributed by atoms with Crippen molar-refractivity contribution in [2.75, 3.05) is 5.75 Å². The highest BCUT2D eigenvalue weighted by molar-refractivity contribution is 7.80. The van der Waals surface area contributed by atoms with Crippen LogP contribution in [0.5, 0.6) is 11.6 Å². The normalized spacial score (nSPS) is 11.9. The van der Waals surface area contributed by atoms with Crippen LogP contribution in [0.2, 0.25) is 0 Å². The lowest BCUT2D eigenvalue weighted by atomic mass is 10.2. The summed E-state index contributed by atoms with van der Waals surface area (Å²) in [6.07, 6.45) is 0. The molecule has 0 bridgehead atoms. The second kappa shape index (κ2) is 8.05. The van der Waals surface area contributed by atoms with Gasteiger partial charge in [0.25, 0.3) is 5.56 Å². The van der Waals surface area contributed by atoms with E-state index in [-0.39, 0.29) is 12.3 Å². The molecule has 7 nitrogen and oxygen atoms in total. The predicted octanol–water partition coefficient (Wildman–Crippen LogP) is 1.76. The average Bonchev–Trinajstić information content (AvgIpc) is 2.64. The van der Waals surface area contributed by atoms with Gasteiger partial charge in [-0.3, -0.25) is 9.36 Å². The molecule has 0 spiro atoms. The molecule has 0 amide bonds. The fourth-order valence-corrected chi connectivity index (χ4v) is 3.24. The molecule has 0 aliphatic heterocycles. The van der Waals surface area contributed by atoms with E-state index >= 15 is 0 Å². The summed E-state index contributed by atoms with van der Waals surface area (Å²) < 4.78 is 19.4. The van der Waals surface area contributed by atoms with Gasteiger partial charge >= 0.3 is 5.69 Å². The van der Waals surface area contributed by atoms with Crippen molar-refractivity contribution >= 4 is 11.1 Å². The first-order chi connectivity index (χ1) is 13.0. The quantitative estimate of drug-likeness (QED) is 0.697. The summed E-state index contributed by atoms with van der Waals surface area (Å²) in [5.41, 5.74) is 0.0848. The first kappa shape index (κ1) is 18.7. The first-order valence-electron chi connectivity index (χ1n) is 8.20. The Balaban J connectivity index is 1.81. The van der Waals surface area contributed by atoms with E-state index in [1.807, 2.05) is 19.1 Å². The highest BCUT2D eigenvalue weighted by Gasteiger charge is 2.13. The second-order valence-electron chi connectivity index (χ2n) is 5.85. The lowest BCUT2D eigenvalue weighted by molar-refractivity contribution is 0.401. The van der Waals surface area contributed by atoms with Crippen molar-refractivity contribution < 1.29 is 13.5 Å².